The summed E-state index contributed by atoms with van der Waals surface area (Å²) in [6.45, 7) is 21.6. The summed E-state index contributed by atoms with van der Waals surface area (Å²) < 4.78 is 30.9. The Bertz CT molecular complexity index is 1070. The molecule has 0 rings (SSSR count). The van der Waals surface area contributed by atoms with Crippen molar-refractivity contribution in [3.8, 4) is 0 Å². The van der Waals surface area contributed by atoms with Gasteiger partial charge in [0.25, 0.3) is 0 Å². The van der Waals surface area contributed by atoms with Crippen molar-refractivity contribution in [3.05, 3.63) is 0 Å². The summed E-state index contributed by atoms with van der Waals surface area (Å²) >= 11 is 0. The summed E-state index contributed by atoms with van der Waals surface area (Å²) in [7, 11) is 2.63. The van der Waals surface area contributed by atoms with Gasteiger partial charge in [-0.15, -0.1) is 0 Å². The van der Waals surface area contributed by atoms with Crippen molar-refractivity contribution in [1.29, 1.82) is 0 Å². The first-order chi connectivity index (χ1) is 22.6. The zero-order chi connectivity index (χ0) is 38.6. The third-order valence-electron chi connectivity index (χ3n) is 8.84. The fraction of sp³-hybridized carbons (Fsp3) is 0.838. The number of ether oxygens (including phenoxy) is 6. The van der Waals surface area contributed by atoms with Gasteiger partial charge in [0.2, 0.25) is 0 Å². The van der Waals surface area contributed by atoms with Gasteiger partial charge in [0.15, 0.2) is 0 Å². The molecule has 0 saturated carbocycles. The Labute approximate surface area is 295 Å². The molecule has 0 aromatic heterocycles. The molecule has 12 heteroatoms. The third kappa shape index (κ3) is 16.9. The van der Waals surface area contributed by atoms with Gasteiger partial charge in [0.05, 0.1) is 49.1 Å². The Hall–Kier alpha value is -3.18. The van der Waals surface area contributed by atoms with Gasteiger partial charge in [0.1, 0.15) is 12.2 Å². The van der Waals surface area contributed by atoms with Crippen molar-refractivity contribution in [2.24, 2.45) is 21.7 Å². The Morgan fingerprint density at radius 3 is 1.14 bits per heavy atom. The summed E-state index contributed by atoms with van der Waals surface area (Å²) in [4.78, 5) is 72.1. The number of carbonyl (C=O) groups is 6. The Morgan fingerprint density at radius 1 is 0.531 bits per heavy atom. The number of methoxy groups -OCH3 is 2. The fourth-order valence-corrected chi connectivity index (χ4v) is 6.12. The minimum atomic E-state index is -0.960. The fourth-order valence-electron chi connectivity index (χ4n) is 6.12. The van der Waals surface area contributed by atoms with E-state index in [9.17, 15) is 28.8 Å². The second kappa shape index (κ2) is 22.5. The summed E-state index contributed by atoms with van der Waals surface area (Å²) in [6.07, 6.45) is 3.71. The summed E-state index contributed by atoms with van der Waals surface area (Å²) in [5.41, 5.74) is -3.54. The van der Waals surface area contributed by atoms with Crippen LogP contribution in [0.25, 0.3) is 0 Å². The standard InChI is InChI=1S/C19H34O6.C18H32O6/c1-8-10-11-24-17(22)18(5,9-2)13-19(6,16(21)23-7)12-14(3)25-15(4)20;1-8-10-23-16(21)17(5,9-2)12-18(6,15(20)22-7)11-13(3)24-14(4)19/h14H,8-13H2,1-7H3;13H,8-12H2,1-7H3. The normalized spacial score (nSPS) is 17.0. The van der Waals surface area contributed by atoms with Crippen LogP contribution in [0.3, 0.4) is 0 Å². The molecule has 0 aliphatic carbocycles. The van der Waals surface area contributed by atoms with Gasteiger partial charge in [0, 0.05) is 13.8 Å². The topological polar surface area (TPSA) is 158 Å². The van der Waals surface area contributed by atoms with Crippen LogP contribution in [0.2, 0.25) is 0 Å². The molecule has 6 unspecified atom stereocenters. The minimum absolute atomic E-state index is 0.261. The van der Waals surface area contributed by atoms with E-state index in [1.807, 2.05) is 27.7 Å². The van der Waals surface area contributed by atoms with E-state index < -0.39 is 57.7 Å². The van der Waals surface area contributed by atoms with E-state index in [4.69, 9.17) is 28.4 Å². The van der Waals surface area contributed by atoms with E-state index >= 15 is 0 Å². The van der Waals surface area contributed by atoms with Gasteiger partial charge in [-0.25, -0.2) is 0 Å². The van der Waals surface area contributed by atoms with Crippen LogP contribution >= 0.6 is 0 Å². The number of hydrogen-bond donors (Lipinski definition) is 0. The first-order valence-electron chi connectivity index (χ1n) is 17.4. The maximum atomic E-state index is 12.6. The monoisotopic (exact) mass is 702 g/mol. The predicted molar refractivity (Wildman–Crippen MR) is 185 cm³/mol. The zero-order valence-corrected chi connectivity index (χ0v) is 32.8. The molecule has 286 valence electrons. The lowest BCUT2D eigenvalue weighted by Crippen LogP contribution is -2.42. The highest BCUT2D eigenvalue weighted by molar-refractivity contribution is 5.81. The van der Waals surface area contributed by atoms with Crippen LogP contribution < -0.4 is 0 Å². The zero-order valence-electron chi connectivity index (χ0n) is 32.8. The van der Waals surface area contributed by atoms with Gasteiger partial charge >= 0.3 is 35.8 Å². The van der Waals surface area contributed by atoms with Crippen molar-refractivity contribution < 1.29 is 57.2 Å². The van der Waals surface area contributed by atoms with E-state index in [1.54, 1.807) is 41.5 Å². The lowest BCUT2D eigenvalue weighted by Gasteiger charge is -2.36. The number of unbranched alkanes of at least 4 members (excludes halogenated alkanes) is 1. The van der Waals surface area contributed by atoms with Crippen molar-refractivity contribution in [3.63, 3.8) is 0 Å². The lowest BCUT2D eigenvalue weighted by atomic mass is 9.69. The second-order valence-corrected chi connectivity index (χ2v) is 14.2. The average Bonchev–Trinajstić information content (AvgIpc) is 3.01. The van der Waals surface area contributed by atoms with Gasteiger partial charge in [-0.3, -0.25) is 28.8 Å². The molecule has 0 amide bonds. The molecule has 0 aromatic rings. The molecule has 0 fully saturated rings. The minimum Gasteiger partial charge on any atom is -0.469 e. The van der Waals surface area contributed by atoms with E-state index in [-0.39, 0.29) is 37.6 Å². The van der Waals surface area contributed by atoms with Crippen molar-refractivity contribution >= 4 is 35.8 Å². The van der Waals surface area contributed by atoms with Gasteiger partial charge < -0.3 is 28.4 Å². The van der Waals surface area contributed by atoms with Crippen molar-refractivity contribution in [1.82, 2.24) is 0 Å². The molecular weight excluding hydrogens is 636 g/mol. The molecule has 0 radical (unpaired) electrons. The highest BCUT2D eigenvalue weighted by Gasteiger charge is 2.47. The number of esters is 6. The maximum Gasteiger partial charge on any atom is 0.311 e. The van der Waals surface area contributed by atoms with E-state index in [1.165, 1.54) is 28.1 Å². The van der Waals surface area contributed by atoms with Crippen molar-refractivity contribution in [2.45, 2.75) is 153 Å². The molecule has 6 atom stereocenters. The SMILES string of the molecule is CCCCOC(=O)C(C)(CC)CC(C)(CC(C)OC(C)=O)C(=O)OC.CCCOC(=O)C(C)(CC)CC(C)(CC(C)OC(C)=O)C(=O)OC. The van der Waals surface area contributed by atoms with Gasteiger partial charge in [-0.05, 0) is 92.9 Å². The molecule has 0 bridgehead atoms. The highest BCUT2D eigenvalue weighted by atomic mass is 16.6. The molecule has 0 aliphatic rings. The largest absolute Gasteiger partial charge is 0.469 e. The number of rotatable bonds is 21. The summed E-state index contributed by atoms with van der Waals surface area (Å²) in [5, 5.41) is 0. The molecule has 49 heavy (non-hydrogen) atoms. The smallest absolute Gasteiger partial charge is 0.311 e. The summed E-state index contributed by atoms with van der Waals surface area (Å²) in [6, 6.07) is 0. The van der Waals surface area contributed by atoms with Crippen LogP contribution in [0.5, 0.6) is 0 Å². The molecule has 0 heterocycles. The molecule has 0 spiro atoms. The second-order valence-electron chi connectivity index (χ2n) is 14.2. The van der Waals surface area contributed by atoms with E-state index in [0.717, 1.165) is 19.3 Å². The Balaban J connectivity index is 0. The van der Waals surface area contributed by atoms with Crippen LogP contribution in [-0.2, 0) is 57.2 Å². The first kappa shape index (κ1) is 47.9. The van der Waals surface area contributed by atoms with Crippen molar-refractivity contribution in [2.75, 3.05) is 27.4 Å². The molecule has 0 saturated heterocycles. The van der Waals surface area contributed by atoms with Crippen LogP contribution in [0.1, 0.15) is 141 Å². The van der Waals surface area contributed by atoms with E-state index in [2.05, 4.69) is 0 Å². The maximum absolute atomic E-state index is 12.6. The van der Waals surface area contributed by atoms with Gasteiger partial charge in [-0.1, -0.05) is 34.1 Å². The third-order valence-corrected chi connectivity index (χ3v) is 8.84. The van der Waals surface area contributed by atoms with Crippen LogP contribution in [0.15, 0.2) is 0 Å². The average molecular weight is 703 g/mol. The molecule has 0 N–H and O–H groups in total. The van der Waals surface area contributed by atoms with Crippen LogP contribution in [-0.4, -0.2) is 75.5 Å². The molecule has 12 nitrogen and oxygen atoms in total. The predicted octanol–water partition coefficient (Wildman–Crippen LogP) is 6.92. The number of carbonyl (C=O) groups excluding carboxylic acids is 6. The lowest BCUT2D eigenvalue weighted by molar-refractivity contribution is -0.167. The Morgan fingerprint density at radius 2 is 0.878 bits per heavy atom. The Kier molecular flexibility index (Phi) is 22.0. The number of hydrogen-bond acceptors (Lipinski definition) is 12. The molecule has 0 aliphatic heterocycles. The van der Waals surface area contributed by atoms with E-state index in [0.29, 0.717) is 26.1 Å². The molecular formula is C37H66O12. The van der Waals surface area contributed by atoms with Crippen LogP contribution in [0, 0.1) is 21.7 Å². The van der Waals surface area contributed by atoms with Gasteiger partial charge in [-0.2, -0.15) is 0 Å². The summed E-state index contributed by atoms with van der Waals surface area (Å²) in [5.74, 6) is -2.29. The first-order valence-corrected chi connectivity index (χ1v) is 17.4. The molecule has 0 aromatic carbocycles. The van der Waals surface area contributed by atoms with Crippen LogP contribution in [0.4, 0.5) is 0 Å². The highest BCUT2D eigenvalue weighted by Crippen LogP contribution is 2.43. The quantitative estimate of drug-likeness (QED) is 0.0691.